The Morgan fingerprint density at radius 2 is 1.69 bits per heavy atom. The molecular formula is C25H18Cl3N3O2S2. The molecule has 0 radical (unpaired) electrons. The molecular weight excluding hydrogens is 545 g/mol. The minimum Gasteiger partial charge on any atom is -0.322 e. The molecule has 10 heteroatoms. The standard InChI is InChI=1S/C25H18Cl3N3O2S2/c1-14(23(32)31-25-30-22(13-34-25)20-10-5-17(27)12-21(20)28)35-19-8-6-18(7-9-19)29-24(33)15-3-2-4-16(26)11-15/h2-14H,1H3,(H,29,33)(H,30,31,32). The first-order valence-electron chi connectivity index (χ1n) is 10.3. The minimum absolute atomic E-state index is 0.170. The second-order valence-corrected chi connectivity index (χ2v) is 11.0. The van der Waals surface area contributed by atoms with Crippen molar-refractivity contribution in [3.8, 4) is 11.3 Å². The number of aromatic nitrogens is 1. The number of amides is 2. The van der Waals surface area contributed by atoms with Gasteiger partial charge in [-0.25, -0.2) is 4.98 Å². The van der Waals surface area contributed by atoms with Crippen LogP contribution in [-0.2, 0) is 4.79 Å². The Morgan fingerprint density at radius 3 is 2.40 bits per heavy atom. The molecule has 0 aliphatic carbocycles. The van der Waals surface area contributed by atoms with Gasteiger partial charge in [0.25, 0.3) is 5.91 Å². The Hall–Kier alpha value is -2.55. The normalized spacial score (nSPS) is 11.7. The summed E-state index contributed by atoms with van der Waals surface area (Å²) in [5.74, 6) is -0.417. The van der Waals surface area contributed by atoms with Crippen LogP contribution >= 0.6 is 57.9 Å². The molecule has 5 nitrogen and oxygen atoms in total. The van der Waals surface area contributed by atoms with E-state index >= 15 is 0 Å². The molecule has 1 unspecified atom stereocenters. The lowest BCUT2D eigenvalue weighted by Gasteiger charge is -2.11. The molecule has 0 bridgehead atoms. The molecule has 0 saturated heterocycles. The summed E-state index contributed by atoms with van der Waals surface area (Å²) in [7, 11) is 0. The van der Waals surface area contributed by atoms with Crippen molar-refractivity contribution in [3.63, 3.8) is 0 Å². The van der Waals surface area contributed by atoms with E-state index in [9.17, 15) is 9.59 Å². The third-order valence-electron chi connectivity index (χ3n) is 4.82. The zero-order chi connectivity index (χ0) is 24.9. The Morgan fingerprint density at radius 1 is 0.943 bits per heavy atom. The van der Waals surface area contributed by atoms with E-state index in [1.165, 1.54) is 23.1 Å². The van der Waals surface area contributed by atoms with E-state index in [2.05, 4.69) is 15.6 Å². The molecule has 2 amide bonds. The fraction of sp³-hybridized carbons (Fsp3) is 0.0800. The molecule has 4 rings (SSSR count). The van der Waals surface area contributed by atoms with E-state index in [-0.39, 0.29) is 17.1 Å². The fourth-order valence-corrected chi connectivity index (χ4v) is 5.34. The molecule has 1 heterocycles. The Labute approximate surface area is 225 Å². The predicted octanol–water partition coefficient (Wildman–Crippen LogP) is 8.14. The SMILES string of the molecule is CC(Sc1ccc(NC(=O)c2cccc(Cl)c2)cc1)C(=O)Nc1nc(-c2ccc(Cl)cc2Cl)cs1. The number of carbonyl (C=O) groups is 2. The maximum atomic E-state index is 12.7. The minimum atomic E-state index is -0.367. The van der Waals surface area contributed by atoms with E-state index in [1.54, 1.807) is 54.6 Å². The van der Waals surface area contributed by atoms with E-state index in [0.29, 0.717) is 37.1 Å². The lowest BCUT2D eigenvalue weighted by atomic mass is 10.2. The molecule has 4 aromatic rings. The zero-order valence-corrected chi connectivity index (χ0v) is 22.1. The number of nitrogens with one attached hydrogen (secondary N) is 2. The average molecular weight is 563 g/mol. The van der Waals surface area contributed by atoms with Crippen molar-refractivity contribution in [1.29, 1.82) is 0 Å². The molecule has 1 aromatic heterocycles. The molecule has 0 spiro atoms. The molecule has 0 aliphatic heterocycles. The number of hydrogen-bond acceptors (Lipinski definition) is 5. The summed E-state index contributed by atoms with van der Waals surface area (Å²) in [5, 5.41) is 9.18. The number of thiazole rings is 1. The molecule has 0 saturated carbocycles. The second-order valence-electron chi connectivity index (χ2n) is 7.40. The smallest absolute Gasteiger partial charge is 0.255 e. The summed E-state index contributed by atoms with van der Waals surface area (Å²) in [5.41, 5.74) is 2.54. The van der Waals surface area contributed by atoms with Crippen LogP contribution in [0.3, 0.4) is 0 Å². The van der Waals surface area contributed by atoms with Crippen molar-refractivity contribution in [2.45, 2.75) is 17.1 Å². The monoisotopic (exact) mass is 561 g/mol. The third-order valence-corrected chi connectivity index (χ3v) is 7.48. The van der Waals surface area contributed by atoms with Crippen LogP contribution in [0.2, 0.25) is 15.1 Å². The van der Waals surface area contributed by atoms with Crippen LogP contribution in [0.15, 0.2) is 77.0 Å². The van der Waals surface area contributed by atoms with E-state index in [0.717, 1.165) is 10.5 Å². The Balaban J connectivity index is 1.33. The number of carbonyl (C=O) groups excluding carboxylic acids is 2. The van der Waals surface area contributed by atoms with E-state index < -0.39 is 0 Å². The maximum Gasteiger partial charge on any atom is 0.255 e. The van der Waals surface area contributed by atoms with Crippen LogP contribution in [0.5, 0.6) is 0 Å². The largest absolute Gasteiger partial charge is 0.322 e. The number of halogens is 3. The van der Waals surface area contributed by atoms with Gasteiger partial charge in [-0.05, 0) is 67.6 Å². The van der Waals surface area contributed by atoms with Crippen molar-refractivity contribution < 1.29 is 9.59 Å². The summed E-state index contributed by atoms with van der Waals surface area (Å²) in [6, 6.07) is 19.2. The average Bonchev–Trinajstić information content (AvgIpc) is 3.28. The second kappa shape index (κ2) is 11.5. The van der Waals surface area contributed by atoms with Gasteiger partial charge in [-0.2, -0.15) is 0 Å². The fourth-order valence-electron chi connectivity index (χ4n) is 3.07. The predicted molar refractivity (Wildman–Crippen MR) is 147 cm³/mol. The van der Waals surface area contributed by atoms with Crippen LogP contribution in [0, 0.1) is 0 Å². The summed E-state index contributed by atoms with van der Waals surface area (Å²) in [6.45, 7) is 1.82. The Kier molecular flexibility index (Phi) is 8.36. The zero-order valence-electron chi connectivity index (χ0n) is 18.2. The number of nitrogens with zero attached hydrogens (tertiary/aromatic N) is 1. The summed E-state index contributed by atoms with van der Waals surface area (Å²) >= 11 is 20.9. The summed E-state index contributed by atoms with van der Waals surface area (Å²) < 4.78 is 0. The topological polar surface area (TPSA) is 71.1 Å². The quantitative estimate of drug-likeness (QED) is 0.223. The first kappa shape index (κ1) is 25.5. The lowest BCUT2D eigenvalue weighted by molar-refractivity contribution is -0.115. The molecule has 2 N–H and O–H groups in total. The highest BCUT2D eigenvalue weighted by atomic mass is 35.5. The van der Waals surface area contributed by atoms with Gasteiger partial charge in [0.15, 0.2) is 5.13 Å². The van der Waals surface area contributed by atoms with Crippen LogP contribution < -0.4 is 10.6 Å². The highest BCUT2D eigenvalue weighted by Gasteiger charge is 2.17. The Bertz CT molecular complexity index is 1380. The van der Waals surface area contributed by atoms with Gasteiger partial charge in [-0.3, -0.25) is 9.59 Å². The number of hydrogen-bond donors (Lipinski definition) is 2. The van der Waals surface area contributed by atoms with Crippen molar-refractivity contribution in [2.75, 3.05) is 10.6 Å². The molecule has 35 heavy (non-hydrogen) atoms. The van der Waals surface area contributed by atoms with Crippen LogP contribution in [-0.4, -0.2) is 22.0 Å². The van der Waals surface area contributed by atoms with Crippen LogP contribution in [0.4, 0.5) is 10.8 Å². The van der Waals surface area contributed by atoms with Gasteiger partial charge >= 0.3 is 0 Å². The van der Waals surface area contributed by atoms with E-state index in [1.807, 2.05) is 24.4 Å². The van der Waals surface area contributed by atoms with Gasteiger partial charge in [-0.15, -0.1) is 23.1 Å². The van der Waals surface area contributed by atoms with Crippen molar-refractivity contribution in [3.05, 3.63) is 92.7 Å². The number of anilines is 2. The third kappa shape index (κ3) is 6.78. The molecule has 0 fully saturated rings. The van der Waals surface area contributed by atoms with Crippen molar-refractivity contribution >= 4 is 80.5 Å². The van der Waals surface area contributed by atoms with Gasteiger partial charge in [0.1, 0.15) is 0 Å². The summed E-state index contributed by atoms with van der Waals surface area (Å²) in [4.78, 5) is 30.4. The van der Waals surface area contributed by atoms with Gasteiger partial charge in [-0.1, -0.05) is 40.9 Å². The molecule has 178 valence electrons. The highest BCUT2D eigenvalue weighted by Crippen LogP contribution is 2.33. The van der Waals surface area contributed by atoms with Crippen molar-refractivity contribution in [2.24, 2.45) is 0 Å². The van der Waals surface area contributed by atoms with Crippen LogP contribution in [0.1, 0.15) is 17.3 Å². The maximum absolute atomic E-state index is 12.7. The number of rotatable bonds is 7. The number of thioether (sulfide) groups is 1. The van der Waals surface area contributed by atoms with Crippen LogP contribution in [0.25, 0.3) is 11.3 Å². The summed E-state index contributed by atoms with van der Waals surface area (Å²) in [6.07, 6.45) is 0. The van der Waals surface area contributed by atoms with Gasteiger partial charge in [0, 0.05) is 37.1 Å². The number of benzene rings is 3. The van der Waals surface area contributed by atoms with E-state index in [4.69, 9.17) is 34.8 Å². The molecule has 1 atom stereocenters. The highest BCUT2D eigenvalue weighted by molar-refractivity contribution is 8.00. The first-order chi connectivity index (χ1) is 16.8. The molecule has 3 aromatic carbocycles. The van der Waals surface area contributed by atoms with Gasteiger partial charge < -0.3 is 10.6 Å². The first-order valence-corrected chi connectivity index (χ1v) is 13.2. The lowest BCUT2D eigenvalue weighted by Crippen LogP contribution is -2.22. The van der Waals surface area contributed by atoms with Gasteiger partial charge in [0.2, 0.25) is 5.91 Å². The van der Waals surface area contributed by atoms with Crippen molar-refractivity contribution in [1.82, 2.24) is 4.98 Å². The molecule has 0 aliphatic rings. The van der Waals surface area contributed by atoms with Gasteiger partial charge in [0.05, 0.1) is 16.0 Å².